The first-order valence-corrected chi connectivity index (χ1v) is 11.4. The van der Waals surface area contributed by atoms with Crippen molar-refractivity contribution in [3.8, 4) is 0 Å². The van der Waals surface area contributed by atoms with Crippen molar-refractivity contribution in [1.82, 2.24) is 0 Å². The molecular weight excluding hydrogens is 435 g/mol. The number of hydrogen-bond donors (Lipinski definition) is 2. The van der Waals surface area contributed by atoms with Crippen LogP contribution in [0.3, 0.4) is 0 Å². The van der Waals surface area contributed by atoms with Crippen LogP contribution in [0.25, 0.3) is 0 Å². The summed E-state index contributed by atoms with van der Waals surface area (Å²) in [7, 11) is -3.50. The Morgan fingerprint density at radius 3 is 2.70 bits per heavy atom. The zero-order chi connectivity index (χ0) is 22.1. The van der Waals surface area contributed by atoms with Crippen LogP contribution in [0.5, 0.6) is 0 Å². The summed E-state index contributed by atoms with van der Waals surface area (Å²) in [6.07, 6.45) is 0.868. The van der Waals surface area contributed by atoms with Gasteiger partial charge in [0.15, 0.2) is 5.78 Å². The Hall–Kier alpha value is -2.49. The second kappa shape index (κ2) is 8.33. The van der Waals surface area contributed by atoms with Gasteiger partial charge in [0.25, 0.3) is 5.91 Å². The fourth-order valence-electron chi connectivity index (χ4n) is 3.38. The molecule has 1 fully saturated rings. The molecule has 1 atom stereocenters. The number of aliphatic hydroxyl groups is 1. The van der Waals surface area contributed by atoms with Gasteiger partial charge in [0.05, 0.1) is 11.9 Å². The maximum Gasteiger partial charge on any atom is 0.266 e. The second-order valence-electron chi connectivity index (χ2n) is 7.19. The van der Waals surface area contributed by atoms with Crippen molar-refractivity contribution < 1.29 is 27.5 Å². The number of ketones is 1. The quantitative estimate of drug-likeness (QED) is 0.626. The Balaban J connectivity index is 1.73. The van der Waals surface area contributed by atoms with Gasteiger partial charge in [-0.05, 0) is 48.4 Å². The van der Waals surface area contributed by atoms with E-state index in [0.717, 1.165) is 12.3 Å². The van der Waals surface area contributed by atoms with Gasteiger partial charge in [0, 0.05) is 30.1 Å². The van der Waals surface area contributed by atoms with Crippen molar-refractivity contribution in [3.63, 3.8) is 0 Å². The number of rotatable bonds is 7. The van der Waals surface area contributed by atoms with E-state index in [1.165, 1.54) is 29.2 Å². The number of sulfonamides is 1. The van der Waals surface area contributed by atoms with Crippen molar-refractivity contribution in [1.29, 1.82) is 0 Å². The molecule has 3 rings (SSSR count). The van der Waals surface area contributed by atoms with Gasteiger partial charge < -0.3 is 10.0 Å². The fraction of sp³-hybridized carbons (Fsp3) is 0.300. The van der Waals surface area contributed by atoms with Crippen LogP contribution in [0, 0.1) is 5.82 Å². The van der Waals surface area contributed by atoms with Crippen LogP contribution in [-0.2, 0) is 26.0 Å². The Morgan fingerprint density at radius 2 is 2.03 bits per heavy atom. The molecule has 1 amide bonds. The molecular formula is C20H20ClFN2O5S. The monoisotopic (exact) mass is 454 g/mol. The zero-order valence-corrected chi connectivity index (χ0v) is 17.6. The summed E-state index contributed by atoms with van der Waals surface area (Å²) in [5, 5.41) is 10.9. The highest BCUT2D eigenvalue weighted by atomic mass is 35.5. The summed E-state index contributed by atoms with van der Waals surface area (Å²) in [5.74, 6) is -1.98. The van der Waals surface area contributed by atoms with E-state index in [1.807, 2.05) is 0 Å². The molecule has 0 saturated carbocycles. The molecule has 7 nitrogen and oxygen atoms in total. The van der Waals surface area contributed by atoms with Crippen molar-refractivity contribution in [2.45, 2.75) is 24.9 Å². The van der Waals surface area contributed by atoms with Gasteiger partial charge in [-0.25, -0.2) is 12.8 Å². The van der Waals surface area contributed by atoms with E-state index in [0.29, 0.717) is 11.3 Å². The molecule has 1 saturated heterocycles. The molecule has 2 N–H and O–H groups in total. The number of hydrogen-bond acceptors (Lipinski definition) is 5. The molecule has 2 aromatic carbocycles. The first-order chi connectivity index (χ1) is 14.0. The number of carbonyl (C=O) groups excluding carboxylic acids is 2. The molecule has 1 aliphatic heterocycles. The maximum atomic E-state index is 13.4. The number of carbonyl (C=O) groups is 2. The minimum absolute atomic E-state index is 0.0925. The number of nitrogens with zero attached hydrogens (tertiary/aromatic N) is 1. The van der Waals surface area contributed by atoms with Gasteiger partial charge >= 0.3 is 0 Å². The summed E-state index contributed by atoms with van der Waals surface area (Å²) in [6, 6.07) is 10.0. The van der Waals surface area contributed by atoms with Gasteiger partial charge in [0.2, 0.25) is 15.6 Å². The lowest BCUT2D eigenvalue weighted by atomic mass is 9.92. The second-order valence-corrected chi connectivity index (χ2v) is 9.38. The van der Waals surface area contributed by atoms with E-state index in [2.05, 4.69) is 4.72 Å². The number of halogens is 2. The Kier molecular flexibility index (Phi) is 6.16. The Morgan fingerprint density at radius 1 is 1.30 bits per heavy atom. The molecule has 10 heteroatoms. The highest BCUT2D eigenvalue weighted by molar-refractivity contribution is 7.92. The molecule has 30 heavy (non-hydrogen) atoms. The van der Waals surface area contributed by atoms with Crippen molar-refractivity contribution in [3.05, 3.63) is 58.9 Å². The summed E-state index contributed by atoms with van der Waals surface area (Å²) in [5.41, 5.74) is -1.09. The molecule has 0 spiro atoms. The van der Waals surface area contributed by atoms with E-state index < -0.39 is 33.1 Å². The minimum atomic E-state index is -3.50. The van der Waals surface area contributed by atoms with E-state index in [1.54, 1.807) is 12.1 Å². The van der Waals surface area contributed by atoms with E-state index in [-0.39, 0.29) is 36.5 Å². The van der Waals surface area contributed by atoms with Gasteiger partial charge in [-0.3, -0.25) is 14.3 Å². The minimum Gasteiger partial charge on any atom is -0.373 e. The highest BCUT2D eigenvalue weighted by Gasteiger charge is 2.50. The standard InChI is InChI=1S/C20H20ClFN2O5S/c1-30(28,29)23-16-3-2-4-17(12-16)24-8-7-20(27,19(24)26)18(25)6-5-13-9-14(21)11-15(22)10-13/h2-4,9-12,23,27H,5-8H2,1H3/t20-/m0/s1. The van der Waals surface area contributed by atoms with E-state index in [4.69, 9.17) is 11.6 Å². The largest absolute Gasteiger partial charge is 0.373 e. The molecule has 1 aliphatic rings. The lowest BCUT2D eigenvalue weighted by molar-refractivity contribution is -0.147. The molecule has 2 aromatic rings. The summed E-state index contributed by atoms with van der Waals surface area (Å²) >= 11 is 5.81. The average Bonchev–Trinajstić information content (AvgIpc) is 2.94. The predicted octanol–water partition coefficient (Wildman–Crippen LogP) is 2.52. The zero-order valence-electron chi connectivity index (χ0n) is 16.1. The van der Waals surface area contributed by atoms with Gasteiger partial charge in [-0.1, -0.05) is 17.7 Å². The van der Waals surface area contributed by atoms with Crippen LogP contribution >= 0.6 is 11.6 Å². The molecule has 1 heterocycles. The van der Waals surface area contributed by atoms with E-state index >= 15 is 0 Å². The molecule has 0 bridgehead atoms. The number of nitrogens with one attached hydrogen (secondary N) is 1. The summed E-state index contributed by atoms with van der Waals surface area (Å²) in [6.45, 7) is 0.0925. The first-order valence-electron chi connectivity index (χ1n) is 9.08. The molecule has 0 aliphatic carbocycles. The van der Waals surface area contributed by atoms with Crippen LogP contribution in [0.15, 0.2) is 42.5 Å². The smallest absolute Gasteiger partial charge is 0.266 e. The Labute approximate surface area is 178 Å². The van der Waals surface area contributed by atoms with Crippen LogP contribution in [0.4, 0.5) is 15.8 Å². The molecule has 0 radical (unpaired) electrons. The van der Waals surface area contributed by atoms with Gasteiger partial charge in [-0.15, -0.1) is 0 Å². The predicted molar refractivity (Wildman–Crippen MR) is 112 cm³/mol. The lowest BCUT2D eigenvalue weighted by Crippen LogP contribution is -2.47. The number of benzene rings is 2. The van der Waals surface area contributed by atoms with Gasteiger partial charge in [-0.2, -0.15) is 0 Å². The number of aryl methyl sites for hydroxylation is 1. The first kappa shape index (κ1) is 22.2. The van der Waals surface area contributed by atoms with Crippen molar-refractivity contribution in [2.24, 2.45) is 0 Å². The SMILES string of the molecule is CS(=O)(=O)Nc1cccc(N2CC[C@](O)(C(=O)CCc3cc(F)cc(Cl)c3)C2=O)c1. The Bertz CT molecular complexity index is 1090. The van der Waals surface area contributed by atoms with Crippen molar-refractivity contribution >= 4 is 44.7 Å². The topological polar surface area (TPSA) is 104 Å². The van der Waals surface area contributed by atoms with E-state index in [9.17, 15) is 27.5 Å². The normalized spacial score (nSPS) is 19.2. The third kappa shape index (κ3) is 4.97. The highest BCUT2D eigenvalue weighted by Crippen LogP contribution is 2.31. The number of amides is 1. The third-order valence-electron chi connectivity index (χ3n) is 4.78. The number of Topliss-reactive ketones (excluding diaryl/α,β-unsaturated/α-hetero) is 1. The van der Waals surface area contributed by atoms with Crippen LogP contribution < -0.4 is 9.62 Å². The van der Waals surface area contributed by atoms with Crippen LogP contribution in [-0.4, -0.2) is 43.6 Å². The van der Waals surface area contributed by atoms with Gasteiger partial charge in [0.1, 0.15) is 5.82 Å². The van der Waals surface area contributed by atoms with Crippen LogP contribution in [0.2, 0.25) is 5.02 Å². The summed E-state index contributed by atoms with van der Waals surface area (Å²) in [4.78, 5) is 26.7. The molecule has 0 aromatic heterocycles. The van der Waals surface area contributed by atoms with Crippen LogP contribution in [0.1, 0.15) is 18.4 Å². The number of anilines is 2. The molecule has 160 valence electrons. The molecule has 0 unspecified atom stereocenters. The maximum absolute atomic E-state index is 13.4. The third-order valence-corrected chi connectivity index (χ3v) is 5.61. The van der Waals surface area contributed by atoms with Crippen molar-refractivity contribution in [2.75, 3.05) is 22.4 Å². The average molecular weight is 455 g/mol. The fourth-order valence-corrected chi connectivity index (χ4v) is 4.18. The lowest BCUT2D eigenvalue weighted by Gasteiger charge is -2.22. The summed E-state index contributed by atoms with van der Waals surface area (Å²) < 4.78 is 38.6.